The first-order valence-corrected chi connectivity index (χ1v) is 11.1. The Kier molecular flexibility index (Phi) is 5.91. The highest BCUT2D eigenvalue weighted by Crippen LogP contribution is 2.27. The Bertz CT molecular complexity index is 983. The van der Waals surface area contributed by atoms with Crippen molar-refractivity contribution >= 4 is 21.6 Å². The Labute approximate surface area is 167 Å². The van der Waals surface area contributed by atoms with E-state index < -0.39 is 10.0 Å². The molecule has 1 heterocycles. The summed E-state index contributed by atoms with van der Waals surface area (Å²) in [6.45, 7) is 8.73. The number of nitrogens with zero attached hydrogens (tertiary/aromatic N) is 1. The van der Waals surface area contributed by atoms with Gasteiger partial charge in [-0.2, -0.15) is 4.31 Å². The Morgan fingerprint density at radius 1 is 0.893 bits per heavy atom. The topological polar surface area (TPSA) is 66.5 Å². The number of hydrogen-bond acceptors (Lipinski definition) is 3. The van der Waals surface area contributed by atoms with Gasteiger partial charge in [0.2, 0.25) is 10.0 Å². The van der Waals surface area contributed by atoms with Crippen LogP contribution in [0.3, 0.4) is 0 Å². The summed E-state index contributed by atoms with van der Waals surface area (Å²) in [5.41, 5.74) is 4.73. The molecule has 2 aromatic carbocycles. The maximum atomic E-state index is 13.1. The Morgan fingerprint density at radius 3 is 2.11 bits per heavy atom. The third-order valence-corrected chi connectivity index (χ3v) is 7.32. The van der Waals surface area contributed by atoms with Crippen LogP contribution in [0.1, 0.15) is 51.9 Å². The average molecular weight is 401 g/mol. The van der Waals surface area contributed by atoms with Crippen LogP contribution >= 0.6 is 0 Å². The van der Waals surface area contributed by atoms with Gasteiger partial charge in [0.1, 0.15) is 0 Å². The number of sulfonamides is 1. The highest BCUT2D eigenvalue weighted by atomic mass is 32.2. The number of rotatable bonds is 4. The fourth-order valence-electron chi connectivity index (χ4n) is 3.93. The number of benzene rings is 2. The molecule has 0 saturated carbocycles. The van der Waals surface area contributed by atoms with Gasteiger partial charge in [-0.25, -0.2) is 8.42 Å². The second kappa shape index (κ2) is 8.05. The van der Waals surface area contributed by atoms with Crippen LogP contribution in [0.4, 0.5) is 5.69 Å². The highest BCUT2D eigenvalue weighted by Gasteiger charge is 2.27. The number of hydrogen-bond donors (Lipinski definition) is 1. The molecule has 0 atom stereocenters. The number of carbonyl (C=O) groups excluding carboxylic acids is 1. The molecule has 0 aromatic heterocycles. The maximum Gasteiger partial charge on any atom is 0.256 e. The average Bonchev–Trinajstić information content (AvgIpc) is 2.63. The second-order valence-corrected chi connectivity index (χ2v) is 9.58. The number of amides is 1. The van der Waals surface area contributed by atoms with E-state index in [0.29, 0.717) is 29.9 Å². The van der Waals surface area contributed by atoms with Crippen molar-refractivity contribution in [2.45, 2.75) is 51.9 Å². The molecule has 6 heteroatoms. The minimum Gasteiger partial charge on any atom is -0.322 e. The van der Waals surface area contributed by atoms with E-state index in [4.69, 9.17) is 0 Å². The summed E-state index contributed by atoms with van der Waals surface area (Å²) in [6.07, 6.45) is 2.84. The third-order valence-electron chi connectivity index (χ3n) is 5.28. The van der Waals surface area contributed by atoms with E-state index >= 15 is 0 Å². The molecular weight excluding hydrogens is 372 g/mol. The summed E-state index contributed by atoms with van der Waals surface area (Å²) in [4.78, 5) is 13.1. The van der Waals surface area contributed by atoms with Crippen molar-refractivity contribution in [1.29, 1.82) is 0 Å². The van der Waals surface area contributed by atoms with Crippen molar-refractivity contribution in [3.05, 3.63) is 58.1 Å². The van der Waals surface area contributed by atoms with Gasteiger partial charge in [-0.05, 0) is 69.4 Å². The quantitative estimate of drug-likeness (QED) is 0.830. The SMILES string of the molecule is Cc1cc(C)c(C(=O)Nc2ccc(C)c(S(=O)(=O)N3CCCCC3)c2)c(C)c1. The van der Waals surface area contributed by atoms with Crippen LogP contribution in [-0.2, 0) is 10.0 Å². The molecule has 1 N–H and O–H groups in total. The van der Waals surface area contributed by atoms with E-state index in [2.05, 4.69) is 5.32 Å². The minimum absolute atomic E-state index is 0.222. The monoisotopic (exact) mass is 400 g/mol. The van der Waals surface area contributed by atoms with E-state index in [-0.39, 0.29) is 10.8 Å². The predicted molar refractivity (Wildman–Crippen MR) is 112 cm³/mol. The molecule has 3 rings (SSSR count). The van der Waals surface area contributed by atoms with Crippen LogP contribution in [0, 0.1) is 27.7 Å². The van der Waals surface area contributed by atoms with Gasteiger partial charge in [0.25, 0.3) is 5.91 Å². The molecular formula is C22H28N2O3S. The van der Waals surface area contributed by atoms with Crippen LogP contribution in [0.25, 0.3) is 0 Å². The first-order valence-electron chi connectivity index (χ1n) is 9.70. The van der Waals surface area contributed by atoms with Crippen molar-refractivity contribution in [1.82, 2.24) is 4.31 Å². The number of carbonyl (C=O) groups is 1. The van der Waals surface area contributed by atoms with Gasteiger partial charge in [-0.3, -0.25) is 4.79 Å². The first-order chi connectivity index (χ1) is 13.2. The van der Waals surface area contributed by atoms with E-state index in [1.54, 1.807) is 29.4 Å². The molecule has 1 aliphatic rings. The molecule has 0 radical (unpaired) electrons. The summed E-state index contributed by atoms with van der Waals surface area (Å²) >= 11 is 0. The van der Waals surface area contributed by atoms with Crippen LogP contribution in [-0.4, -0.2) is 31.7 Å². The smallest absolute Gasteiger partial charge is 0.256 e. The summed E-state index contributed by atoms with van der Waals surface area (Å²) in [5.74, 6) is -0.222. The van der Waals surface area contributed by atoms with Crippen LogP contribution in [0.15, 0.2) is 35.2 Å². The van der Waals surface area contributed by atoms with E-state index in [1.807, 2.05) is 32.9 Å². The molecule has 1 saturated heterocycles. The lowest BCUT2D eigenvalue weighted by molar-refractivity contribution is 0.102. The standard InChI is InChI=1S/C22H28N2O3S/c1-15-12-17(3)21(18(4)13-15)22(25)23-19-9-8-16(2)20(14-19)28(26,27)24-10-6-5-7-11-24/h8-9,12-14H,5-7,10-11H2,1-4H3,(H,23,25). The fourth-order valence-corrected chi connectivity index (χ4v) is 5.70. The van der Waals surface area contributed by atoms with E-state index in [9.17, 15) is 13.2 Å². The van der Waals surface area contributed by atoms with Crippen molar-refractivity contribution in [3.8, 4) is 0 Å². The van der Waals surface area contributed by atoms with Gasteiger partial charge in [0, 0.05) is 24.3 Å². The molecule has 150 valence electrons. The molecule has 0 bridgehead atoms. The van der Waals surface area contributed by atoms with Gasteiger partial charge < -0.3 is 5.32 Å². The lowest BCUT2D eigenvalue weighted by atomic mass is 9.99. The summed E-state index contributed by atoms with van der Waals surface area (Å²) in [5, 5.41) is 2.88. The molecule has 1 aliphatic heterocycles. The Morgan fingerprint density at radius 2 is 1.50 bits per heavy atom. The number of nitrogens with one attached hydrogen (secondary N) is 1. The first kappa shape index (κ1) is 20.6. The van der Waals surface area contributed by atoms with Gasteiger partial charge in [0.15, 0.2) is 0 Å². The molecule has 1 fully saturated rings. The lowest BCUT2D eigenvalue weighted by Gasteiger charge is -2.26. The van der Waals surface area contributed by atoms with Crippen molar-refractivity contribution in [3.63, 3.8) is 0 Å². The normalized spacial score (nSPS) is 15.4. The molecule has 0 unspecified atom stereocenters. The van der Waals surface area contributed by atoms with Gasteiger partial charge >= 0.3 is 0 Å². The van der Waals surface area contributed by atoms with Gasteiger partial charge in [-0.1, -0.05) is 30.2 Å². The van der Waals surface area contributed by atoms with Crippen LogP contribution in [0.5, 0.6) is 0 Å². The minimum atomic E-state index is -3.56. The van der Waals surface area contributed by atoms with E-state index in [1.165, 1.54) is 0 Å². The van der Waals surface area contributed by atoms with Gasteiger partial charge in [-0.15, -0.1) is 0 Å². The largest absolute Gasteiger partial charge is 0.322 e. The van der Waals surface area contributed by atoms with Crippen LogP contribution in [0.2, 0.25) is 0 Å². The van der Waals surface area contributed by atoms with Crippen molar-refractivity contribution < 1.29 is 13.2 Å². The Balaban J connectivity index is 1.91. The maximum absolute atomic E-state index is 13.1. The summed E-state index contributed by atoms with van der Waals surface area (Å²) in [6, 6.07) is 9.03. The lowest BCUT2D eigenvalue weighted by Crippen LogP contribution is -2.36. The molecule has 1 amide bonds. The zero-order valence-electron chi connectivity index (χ0n) is 17.0. The number of piperidine rings is 1. The molecule has 0 aliphatic carbocycles. The number of anilines is 1. The van der Waals surface area contributed by atoms with Crippen LogP contribution < -0.4 is 5.32 Å². The van der Waals surface area contributed by atoms with E-state index in [0.717, 1.165) is 36.0 Å². The molecule has 0 spiro atoms. The third kappa shape index (κ3) is 4.13. The highest BCUT2D eigenvalue weighted by molar-refractivity contribution is 7.89. The number of aryl methyl sites for hydroxylation is 4. The zero-order valence-corrected chi connectivity index (χ0v) is 17.8. The molecule has 2 aromatic rings. The van der Waals surface area contributed by atoms with Crippen molar-refractivity contribution in [2.75, 3.05) is 18.4 Å². The fraction of sp³-hybridized carbons (Fsp3) is 0.409. The molecule has 28 heavy (non-hydrogen) atoms. The predicted octanol–water partition coefficient (Wildman–Crippen LogP) is 4.35. The molecule has 5 nitrogen and oxygen atoms in total. The summed E-state index contributed by atoms with van der Waals surface area (Å²) < 4.78 is 27.7. The van der Waals surface area contributed by atoms with Crippen molar-refractivity contribution in [2.24, 2.45) is 0 Å². The zero-order chi connectivity index (χ0) is 20.5. The van der Waals surface area contributed by atoms with Gasteiger partial charge in [0.05, 0.1) is 4.90 Å². The second-order valence-electron chi connectivity index (χ2n) is 7.67. The summed E-state index contributed by atoms with van der Waals surface area (Å²) in [7, 11) is -3.56. The Hall–Kier alpha value is -2.18.